The number of carbonyl (C=O) groups excluding carboxylic acids is 2. The first-order valence-corrected chi connectivity index (χ1v) is 8.65. The number of anilines is 2. The van der Waals surface area contributed by atoms with Crippen LogP contribution in [0.25, 0.3) is 0 Å². The summed E-state index contributed by atoms with van der Waals surface area (Å²) in [5.74, 6) is -0.307. The van der Waals surface area contributed by atoms with E-state index in [4.69, 9.17) is 0 Å². The van der Waals surface area contributed by atoms with E-state index in [1.807, 2.05) is 0 Å². The van der Waals surface area contributed by atoms with Crippen LogP contribution in [0.15, 0.2) is 48.5 Å². The van der Waals surface area contributed by atoms with Crippen molar-refractivity contribution in [1.29, 1.82) is 0 Å². The minimum Gasteiger partial charge on any atom is -0.369 e. The molecule has 26 heavy (non-hydrogen) atoms. The van der Waals surface area contributed by atoms with Crippen LogP contribution in [-0.4, -0.2) is 49.3 Å². The number of benzene rings is 2. The second kappa shape index (κ2) is 8.10. The fourth-order valence-corrected chi connectivity index (χ4v) is 3.01. The van der Waals surface area contributed by atoms with Crippen LogP contribution in [0.5, 0.6) is 0 Å². The van der Waals surface area contributed by atoms with Crippen LogP contribution in [-0.2, 0) is 4.79 Å². The Hall–Kier alpha value is -2.73. The molecule has 1 saturated heterocycles. The second-order valence-electron chi connectivity index (χ2n) is 6.42. The molecular weight excluding hydrogens is 333 g/mol. The molecule has 1 fully saturated rings. The largest absolute Gasteiger partial charge is 0.369 e. The molecule has 0 saturated carbocycles. The van der Waals surface area contributed by atoms with Crippen molar-refractivity contribution in [3.8, 4) is 0 Å². The van der Waals surface area contributed by atoms with Gasteiger partial charge in [-0.3, -0.25) is 14.5 Å². The molecular formula is C20H22FN3O2. The smallest absolute Gasteiger partial charge is 0.238 e. The van der Waals surface area contributed by atoms with Gasteiger partial charge >= 0.3 is 0 Å². The quantitative estimate of drug-likeness (QED) is 0.838. The molecule has 2 aromatic rings. The maximum atomic E-state index is 13.0. The number of hydrogen-bond acceptors (Lipinski definition) is 4. The molecule has 2 aromatic carbocycles. The molecule has 136 valence electrons. The minimum absolute atomic E-state index is 0.00176. The molecule has 0 radical (unpaired) electrons. The highest BCUT2D eigenvalue weighted by molar-refractivity contribution is 5.96. The minimum atomic E-state index is -0.236. The summed E-state index contributed by atoms with van der Waals surface area (Å²) in [7, 11) is 0. The summed E-state index contributed by atoms with van der Waals surface area (Å²) in [6.07, 6.45) is 0. The van der Waals surface area contributed by atoms with Crippen molar-refractivity contribution in [2.45, 2.75) is 6.92 Å². The molecule has 0 bridgehead atoms. The number of amides is 1. The molecule has 3 rings (SSSR count). The zero-order valence-corrected chi connectivity index (χ0v) is 14.7. The first-order valence-electron chi connectivity index (χ1n) is 8.65. The van der Waals surface area contributed by atoms with E-state index in [-0.39, 0.29) is 17.5 Å². The summed E-state index contributed by atoms with van der Waals surface area (Å²) in [4.78, 5) is 27.8. The van der Waals surface area contributed by atoms with Crippen LogP contribution < -0.4 is 10.2 Å². The summed E-state index contributed by atoms with van der Waals surface area (Å²) >= 11 is 0. The predicted octanol–water partition coefficient (Wildman–Crippen LogP) is 2.79. The number of hydrogen-bond donors (Lipinski definition) is 1. The maximum Gasteiger partial charge on any atom is 0.238 e. The van der Waals surface area contributed by atoms with Gasteiger partial charge in [-0.2, -0.15) is 0 Å². The third-order valence-corrected chi connectivity index (χ3v) is 4.51. The summed E-state index contributed by atoms with van der Waals surface area (Å²) < 4.78 is 13.0. The van der Waals surface area contributed by atoms with Gasteiger partial charge in [0.05, 0.1) is 6.54 Å². The summed E-state index contributed by atoms with van der Waals surface area (Å²) in [5, 5.41) is 2.86. The van der Waals surface area contributed by atoms with Gasteiger partial charge in [0.2, 0.25) is 5.91 Å². The van der Waals surface area contributed by atoms with E-state index in [1.54, 1.807) is 36.4 Å². The Labute approximate surface area is 152 Å². The van der Waals surface area contributed by atoms with Gasteiger partial charge in [0.25, 0.3) is 0 Å². The number of nitrogens with one attached hydrogen (secondary N) is 1. The number of carbonyl (C=O) groups is 2. The fourth-order valence-electron chi connectivity index (χ4n) is 3.01. The SMILES string of the molecule is CC(=O)c1ccc(NC(=O)CN2CCN(c3ccc(F)cc3)CC2)cc1. The highest BCUT2D eigenvalue weighted by Crippen LogP contribution is 2.17. The predicted molar refractivity (Wildman–Crippen MR) is 100 cm³/mol. The van der Waals surface area contributed by atoms with Crippen molar-refractivity contribution in [2.24, 2.45) is 0 Å². The van der Waals surface area contributed by atoms with Crippen LogP contribution in [0.3, 0.4) is 0 Å². The summed E-state index contributed by atoms with van der Waals surface area (Å²) in [6, 6.07) is 13.4. The van der Waals surface area contributed by atoms with Gasteiger partial charge in [0.1, 0.15) is 5.82 Å². The average molecular weight is 355 g/mol. The Bertz CT molecular complexity index is 767. The van der Waals surface area contributed by atoms with Crippen molar-refractivity contribution in [2.75, 3.05) is 42.9 Å². The monoisotopic (exact) mass is 355 g/mol. The third-order valence-electron chi connectivity index (χ3n) is 4.51. The van der Waals surface area contributed by atoms with Gasteiger partial charge in [-0.1, -0.05) is 0 Å². The van der Waals surface area contributed by atoms with E-state index >= 15 is 0 Å². The van der Waals surface area contributed by atoms with Crippen LogP contribution in [0, 0.1) is 5.82 Å². The van der Waals surface area contributed by atoms with E-state index < -0.39 is 0 Å². The molecule has 1 aliphatic heterocycles. The lowest BCUT2D eigenvalue weighted by Gasteiger charge is -2.35. The Balaban J connectivity index is 1.47. The molecule has 0 aromatic heterocycles. The third kappa shape index (κ3) is 4.67. The highest BCUT2D eigenvalue weighted by atomic mass is 19.1. The van der Waals surface area contributed by atoms with Gasteiger partial charge in [0.15, 0.2) is 5.78 Å². The van der Waals surface area contributed by atoms with Gasteiger partial charge in [-0.25, -0.2) is 4.39 Å². The lowest BCUT2D eigenvalue weighted by molar-refractivity contribution is -0.117. The molecule has 1 N–H and O–H groups in total. The van der Waals surface area contributed by atoms with E-state index in [0.717, 1.165) is 31.9 Å². The fraction of sp³-hybridized carbons (Fsp3) is 0.300. The normalized spacial score (nSPS) is 14.9. The van der Waals surface area contributed by atoms with E-state index in [0.29, 0.717) is 17.8 Å². The Morgan fingerprint density at radius 1 is 0.962 bits per heavy atom. The molecule has 0 aliphatic carbocycles. The van der Waals surface area contributed by atoms with Crippen molar-refractivity contribution >= 4 is 23.1 Å². The first kappa shape index (κ1) is 18.1. The van der Waals surface area contributed by atoms with E-state index in [1.165, 1.54) is 19.1 Å². The Morgan fingerprint density at radius 2 is 1.58 bits per heavy atom. The van der Waals surface area contributed by atoms with Crippen LogP contribution in [0.1, 0.15) is 17.3 Å². The van der Waals surface area contributed by atoms with Crippen molar-refractivity contribution in [3.63, 3.8) is 0 Å². The number of Topliss-reactive ketones (excluding diaryl/α,β-unsaturated/α-hetero) is 1. The van der Waals surface area contributed by atoms with Crippen LogP contribution in [0.4, 0.5) is 15.8 Å². The van der Waals surface area contributed by atoms with E-state index in [2.05, 4.69) is 15.1 Å². The molecule has 1 aliphatic rings. The highest BCUT2D eigenvalue weighted by Gasteiger charge is 2.19. The van der Waals surface area contributed by atoms with Gasteiger partial charge < -0.3 is 10.2 Å². The van der Waals surface area contributed by atoms with Crippen molar-refractivity contribution in [3.05, 3.63) is 59.9 Å². The Morgan fingerprint density at radius 3 is 2.15 bits per heavy atom. The zero-order chi connectivity index (χ0) is 18.5. The molecule has 0 atom stereocenters. The molecule has 6 heteroatoms. The topological polar surface area (TPSA) is 52.7 Å². The number of nitrogens with zero attached hydrogens (tertiary/aromatic N) is 2. The maximum absolute atomic E-state index is 13.0. The number of halogens is 1. The van der Waals surface area contributed by atoms with Crippen molar-refractivity contribution in [1.82, 2.24) is 4.90 Å². The van der Waals surface area contributed by atoms with Gasteiger partial charge in [0, 0.05) is 43.1 Å². The summed E-state index contributed by atoms with van der Waals surface area (Å²) in [5.41, 5.74) is 2.31. The standard InChI is InChI=1S/C20H22FN3O2/c1-15(25)16-2-6-18(7-3-16)22-20(26)14-23-10-12-24(13-11-23)19-8-4-17(21)5-9-19/h2-9H,10-14H2,1H3,(H,22,26). The summed E-state index contributed by atoms with van der Waals surface area (Å²) in [6.45, 7) is 4.98. The molecule has 1 amide bonds. The van der Waals surface area contributed by atoms with Gasteiger partial charge in [-0.15, -0.1) is 0 Å². The van der Waals surface area contributed by atoms with Crippen LogP contribution >= 0.6 is 0 Å². The molecule has 0 unspecified atom stereocenters. The first-order chi connectivity index (χ1) is 12.5. The second-order valence-corrected chi connectivity index (χ2v) is 6.42. The average Bonchev–Trinajstić information content (AvgIpc) is 2.63. The van der Waals surface area contributed by atoms with Crippen LogP contribution in [0.2, 0.25) is 0 Å². The zero-order valence-electron chi connectivity index (χ0n) is 14.7. The number of piperazine rings is 1. The lowest BCUT2D eigenvalue weighted by Crippen LogP contribution is -2.48. The molecule has 5 nitrogen and oxygen atoms in total. The Kier molecular flexibility index (Phi) is 5.63. The van der Waals surface area contributed by atoms with Gasteiger partial charge in [-0.05, 0) is 55.5 Å². The number of ketones is 1. The lowest BCUT2D eigenvalue weighted by atomic mass is 10.1. The van der Waals surface area contributed by atoms with Crippen molar-refractivity contribution < 1.29 is 14.0 Å². The van der Waals surface area contributed by atoms with E-state index in [9.17, 15) is 14.0 Å². The number of rotatable bonds is 5. The molecule has 0 spiro atoms. The molecule has 1 heterocycles.